The van der Waals surface area contributed by atoms with Crippen molar-refractivity contribution in [2.45, 2.75) is 45.6 Å². The number of rotatable bonds is 5. The lowest BCUT2D eigenvalue weighted by Crippen LogP contribution is -2.38. The van der Waals surface area contributed by atoms with Crippen LogP contribution < -0.4 is 20.9 Å². The maximum atomic E-state index is 12.9. The third kappa shape index (κ3) is 8.26. The number of aryl methyl sites for hydroxylation is 1. The molecular weight excluding hydrogens is 443 g/mol. The van der Waals surface area contributed by atoms with Gasteiger partial charge in [0.25, 0.3) is 17.4 Å². The third-order valence-electron chi connectivity index (χ3n) is 4.87. The highest BCUT2D eigenvalue weighted by atomic mass is 19.4. The molecule has 0 bridgehead atoms. The number of carboxylic acids is 1. The molecule has 1 aromatic carbocycles. The Morgan fingerprint density at radius 2 is 1.76 bits per heavy atom. The van der Waals surface area contributed by atoms with E-state index in [-0.39, 0.29) is 29.5 Å². The van der Waals surface area contributed by atoms with E-state index in [0.717, 1.165) is 32.9 Å². The second kappa shape index (κ2) is 11.5. The van der Waals surface area contributed by atoms with Gasteiger partial charge in [0, 0.05) is 25.7 Å². The number of amides is 1. The maximum absolute atomic E-state index is 12.9. The monoisotopic (exact) mass is 469 g/mol. The summed E-state index contributed by atoms with van der Waals surface area (Å²) in [6, 6.07) is 7.00. The van der Waals surface area contributed by atoms with E-state index in [1.807, 2.05) is 0 Å². The van der Waals surface area contributed by atoms with E-state index in [1.54, 1.807) is 23.8 Å². The highest BCUT2D eigenvalue weighted by Crippen LogP contribution is 2.22. The number of hydrogen-bond donors (Lipinski definition) is 3. The van der Waals surface area contributed by atoms with Gasteiger partial charge in [0.1, 0.15) is 11.3 Å². The standard InChI is InChI=1S/C20H22F3N3O3.C2H4O2/c1-13-8-11-26(15-6-9-24-10-7-15)19(28)17(13)18(27)25-12-14-2-4-16(5-3-14)29-20(21,22)23;1-2(3)4/h2-5,8,11,15,24H,6-7,9-10,12H2,1H3,(H,25,27);1H3,(H,3,4). The smallest absolute Gasteiger partial charge is 0.481 e. The molecule has 0 saturated carbocycles. The zero-order chi connectivity index (χ0) is 24.6. The first-order valence-electron chi connectivity index (χ1n) is 10.2. The number of pyridine rings is 1. The van der Waals surface area contributed by atoms with Crippen molar-refractivity contribution in [3.8, 4) is 5.75 Å². The van der Waals surface area contributed by atoms with E-state index in [4.69, 9.17) is 9.90 Å². The number of carbonyl (C=O) groups is 2. The molecule has 180 valence electrons. The van der Waals surface area contributed by atoms with Gasteiger partial charge in [-0.25, -0.2) is 0 Å². The molecule has 0 unspecified atom stereocenters. The average Bonchev–Trinajstić information content (AvgIpc) is 2.72. The Labute approximate surface area is 188 Å². The molecule has 0 atom stereocenters. The molecule has 2 heterocycles. The molecular formula is C22H26F3N3O5. The number of carboxylic acid groups (broad SMARTS) is 1. The molecule has 11 heteroatoms. The van der Waals surface area contributed by atoms with E-state index in [9.17, 15) is 22.8 Å². The Bertz CT molecular complexity index is 1010. The van der Waals surface area contributed by atoms with Crippen LogP contribution in [-0.4, -0.2) is 41.0 Å². The summed E-state index contributed by atoms with van der Waals surface area (Å²) in [5.41, 5.74) is 0.915. The number of piperidine rings is 1. The molecule has 0 radical (unpaired) electrons. The normalized spacial score (nSPS) is 14.1. The highest BCUT2D eigenvalue weighted by Gasteiger charge is 2.31. The number of nitrogens with one attached hydrogen (secondary N) is 2. The molecule has 1 aliphatic rings. The molecule has 1 saturated heterocycles. The predicted octanol–water partition coefficient (Wildman–Crippen LogP) is 3.00. The fraction of sp³-hybridized carbons (Fsp3) is 0.409. The molecule has 8 nitrogen and oxygen atoms in total. The van der Waals surface area contributed by atoms with Crippen molar-refractivity contribution in [3.63, 3.8) is 0 Å². The van der Waals surface area contributed by atoms with Crippen LogP contribution in [0, 0.1) is 6.92 Å². The lowest BCUT2D eigenvalue weighted by atomic mass is 10.0. The number of aliphatic carboxylic acids is 1. The van der Waals surface area contributed by atoms with E-state index < -0.39 is 18.2 Å². The second-order valence-corrected chi connectivity index (χ2v) is 7.46. The molecule has 1 aromatic heterocycles. The summed E-state index contributed by atoms with van der Waals surface area (Å²) in [6.45, 7) is 4.50. The van der Waals surface area contributed by atoms with Gasteiger partial charge in [-0.2, -0.15) is 0 Å². The van der Waals surface area contributed by atoms with Crippen molar-refractivity contribution in [1.29, 1.82) is 0 Å². The molecule has 3 rings (SSSR count). The van der Waals surface area contributed by atoms with Crippen molar-refractivity contribution >= 4 is 11.9 Å². The van der Waals surface area contributed by atoms with Crippen LogP contribution in [-0.2, 0) is 11.3 Å². The molecule has 0 aliphatic carbocycles. The van der Waals surface area contributed by atoms with Gasteiger partial charge in [0.2, 0.25) is 0 Å². The van der Waals surface area contributed by atoms with Crippen molar-refractivity contribution in [2.24, 2.45) is 0 Å². The molecule has 1 amide bonds. The Morgan fingerprint density at radius 3 is 2.30 bits per heavy atom. The SMILES string of the molecule is CC(=O)O.Cc1ccn(C2CCNCC2)c(=O)c1C(=O)NCc1ccc(OC(F)(F)F)cc1. The summed E-state index contributed by atoms with van der Waals surface area (Å²) in [5, 5.41) is 13.3. The molecule has 0 spiro atoms. The van der Waals surface area contributed by atoms with Crippen molar-refractivity contribution in [3.05, 3.63) is 63.6 Å². The number of benzene rings is 1. The summed E-state index contributed by atoms with van der Waals surface area (Å²) < 4.78 is 42.1. The van der Waals surface area contributed by atoms with E-state index in [2.05, 4.69) is 15.4 Å². The molecule has 1 fully saturated rings. The van der Waals surface area contributed by atoms with E-state index in [0.29, 0.717) is 11.1 Å². The number of alkyl halides is 3. The highest BCUT2D eigenvalue weighted by molar-refractivity contribution is 5.95. The van der Waals surface area contributed by atoms with Gasteiger partial charge in [0.15, 0.2) is 0 Å². The fourth-order valence-electron chi connectivity index (χ4n) is 3.37. The minimum absolute atomic E-state index is 0.0528. The molecule has 2 aromatic rings. The first-order chi connectivity index (χ1) is 15.5. The lowest BCUT2D eigenvalue weighted by Gasteiger charge is -2.25. The zero-order valence-electron chi connectivity index (χ0n) is 18.2. The Hall–Kier alpha value is -3.34. The average molecular weight is 469 g/mol. The van der Waals surface area contributed by atoms with Crippen LogP contribution in [0.25, 0.3) is 0 Å². The van der Waals surface area contributed by atoms with Crippen molar-refractivity contribution in [1.82, 2.24) is 15.2 Å². The van der Waals surface area contributed by atoms with Gasteiger partial charge in [-0.1, -0.05) is 12.1 Å². The van der Waals surface area contributed by atoms with Crippen LogP contribution in [0.3, 0.4) is 0 Å². The first kappa shape index (κ1) is 25.9. The fourth-order valence-corrected chi connectivity index (χ4v) is 3.37. The summed E-state index contributed by atoms with van der Waals surface area (Å²) in [7, 11) is 0. The van der Waals surface area contributed by atoms with Gasteiger partial charge in [-0.05, 0) is 62.2 Å². The Morgan fingerprint density at radius 1 is 1.18 bits per heavy atom. The molecule has 1 aliphatic heterocycles. The van der Waals surface area contributed by atoms with Crippen LogP contribution in [0.15, 0.2) is 41.3 Å². The van der Waals surface area contributed by atoms with Gasteiger partial charge >= 0.3 is 6.36 Å². The minimum atomic E-state index is -4.76. The Balaban J connectivity index is 0.000000890. The number of ether oxygens (including phenoxy) is 1. The van der Waals surface area contributed by atoms with Crippen molar-refractivity contribution < 1.29 is 32.6 Å². The van der Waals surface area contributed by atoms with Gasteiger partial charge < -0.3 is 25.0 Å². The topological polar surface area (TPSA) is 110 Å². The van der Waals surface area contributed by atoms with Gasteiger partial charge in [-0.15, -0.1) is 13.2 Å². The van der Waals surface area contributed by atoms with Crippen LogP contribution >= 0.6 is 0 Å². The van der Waals surface area contributed by atoms with E-state index >= 15 is 0 Å². The predicted molar refractivity (Wildman–Crippen MR) is 114 cm³/mol. The summed E-state index contributed by atoms with van der Waals surface area (Å²) in [4.78, 5) is 34.5. The molecule has 33 heavy (non-hydrogen) atoms. The number of hydrogen-bond acceptors (Lipinski definition) is 5. The van der Waals surface area contributed by atoms with E-state index in [1.165, 1.54) is 24.3 Å². The van der Waals surface area contributed by atoms with Crippen LogP contribution in [0.2, 0.25) is 0 Å². The zero-order valence-corrected chi connectivity index (χ0v) is 18.2. The third-order valence-corrected chi connectivity index (χ3v) is 4.87. The second-order valence-electron chi connectivity index (χ2n) is 7.46. The van der Waals surface area contributed by atoms with Crippen molar-refractivity contribution in [2.75, 3.05) is 13.1 Å². The van der Waals surface area contributed by atoms with Gasteiger partial charge in [0.05, 0.1) is 0 Å². The maximum Gasteiger partial charge on any atom is 0.573 e. The summed E-state index contributed by atoms with van der Waals surface area (Å²) in [5.74, 6) is -1.68. The number of carbonyl (C=O) groups excluding carboxylic acids is 1. The van der Waals surface area contributed by atoms with Crippen LogP contribution in [0.4, 0.5) is 13.2 Å². The minimum Gasteiger partial charge on any atom is -0.481 e. The quantitative estimate of drug-likeness (QED) is 0.621. The number of halogens is 3. The number of nitrogens with zero attached hydrogens (tertiary/aromatic N) is 1. The van der Waals surface area contributed by atoms with Crippen LogP contribution in [0.1, 0.15) is 47.3 Å². The summed E-state index contributed by atoms with van der Waals surface area (Å²) >= 11 is 0. The summed E-state index contributed by atoms with van der Waals surface area (Å²) in [6.07, 6.45) is -1.40. The molecule has 3 N–H and O–H groups in total. The van der Waals surface area contributed by atoms with Gasteiger partial charge in [-0.3, -0.25) is 14.4 Å². The number of aromatic nitrogens is 1. The Kier molecular flexibility index (Phi) is 9.03. The first-order valence-corrected chi connectivity index (χ1v) is 10.2. The van der Waals surface area contributed by atoms with Crippen LogP contribution in [0.5, 0.6) is 5.75 Å². The lowest BCUT2D eigenvalue weighted by molar-refractivity contribution is -0.274. The largest absolute Gasteiger partial charge is 0.573 e.